The number of nitriles is 1. The van der Waals surface area contributed by atoms with Crippen molar-refractivity contribution in [3.8, 4) is 6.07 Å². The first-order chi connectivity index (χ1) is 13.8. The summed E-state index contributed by atoms with van der Waals surface area (Å²) in [5.74, 6) is 0.436. The zero-order valence-corrected chi connectivity index (χ0v) is 15.5. The molecule has 0 saturated carbocycles. The third-order valence-electron chi connectivity index (χ3n) is 4.90. The number of fused-ring (bicyclic) bond motifs is 2. The Morgan fingerprint density at radius 2 is 2.14 bits per heavy atom. The Morgan fingerprint density at radius 1 is 1.25 bits per heavy atom. The molecular formula is C23H20N2O3. The molecule has 0 spiro atoms. The van der Waals surface area contributed by atoms with Gasteiger partial charge in [0.1, 0.15) is 5.76 Å². The van der Waals surface area contributed by atoms with E-state index in [9.17, 15) is 4.79 Å². The highest BCUT2D eigenvalue weighted by Crippen LogP contribution is 2.36. The summed E-state index contributed by atoms with van der Waals surface area (Å²) in [5.41, 5.74) is 4.24. The maximum atomic E-state index is 12.9. The van der Waals surface area contributed by atoms with Crippen LogP contribution in [0.1, 0.15) is 53.1 Å². The zero-order chi connectivity index (χ0) is 19.3. The highest BCUT2D eigenvalue weighted by molar-refractivity contribution is 6.06. The molecule has 3 aromatic rings. The van der Waals surface area contributed by atoms with Crippen molar-refractivity contribution in [1.82, 2.24) is 4.98 Å². The lowest BCUT2D eigenvalue weighted by Gasteiger charge is -2.22. The van der Waals surface area contributed by atoms with E-state index in [1.54, 1.807) is 6.26 Å². The number of benzene rings is 1. The van der Waals surface area contributed by atoms with Gasteiger partial charge in [0.2, 0.25) is 0 Å². The topological polar surface area (TPSA) is 76.1 Å². The van der Waals surface area contributed by atoms with Crippen LogP contribution < -0.4 is 0 Å². The highest BCUT2D eigenvalue weighted by atomic mass is 16.5. The molecule has 0 atom stereocenters. The lowest BCUT2D eigenvalue weighted by atomic mass is 9.86. The monoisotopic (exact) mass is 372 g/mol. The number of ether oxygens (including phenoxy) is 1. The molecule has 140 valence electrons. The lowest BCUT2D eigenvalue weighted by molar-refractivity contribution is 0.0502. The molecule has 0 N–H and O–H groups in total. The summed E-state index contributed by atoms with van der Waals surface area (Å²) < 4.78 is 11.0. The van der Waals surface area contributed by atoms with E-state index in [2.05, 4.69) is 6.07 Å². The number of pyridine rings is 1. The van der Waals surface area contributed by atoms with Crippen LogP contribution in [0.2, 0.25) is 0 Å². The van der Waals surface area contributed by atoms with Gasteiger partial charge in [0.05, 0.1) is 35.7 Å². The minimum atomic E-state index is -0.341. The summed E-state index contributed by atoms with van der Waals surface area (Å²) in [4.78, 5) is 17.8. The van der Waals surface area contributed by atoms with Gasteiger partial charge in [-0.25, -0.2) is 9.78 Å². The van der Waals surface area contributed by atoms with E-state index in [0.29, 0.717) is 18.4 Å². The van der Waals surface area contributed by atoms with E-state index >= 15 is 0 Å². The molecule has 0 fully saturated rings. The van der Waals surface area contributed by atoms with Crippen LogP contribution in [0, 0.1) is 11.3 Å². The Labute approximate surface area is 163 Å². The molecule has 5 nitrogen and oxygen atoms in total. The SMILES string of the molecule is N#CCCCOC(=O)c1c2c(nc3ccccc13)/C(=C/c1ccco1)CCC2. The number of hydrogen-bond donors (Lipinski definition) is 0. The zero-order valence-electron chi connectivity index (χ0n) is 15.5. The molecule has 1 aromatic carbocycles. The molecular weight excluding hydrogens is 352 g/mol. The predicted molar refractivity (Wildman–Crippen MR) is 106 cm³/mol. The van der Waals surface area contributed by atoms with Crippen LogP contribution in [0.15, 0.2) is 47.1 Å². The van der Waals surface area contributed by atoms with E-state index < -0.39 is 0 Å². The molecule has 0 bridgehead atoms. The van der Waals surface area contributed by atoms with Gasteiger partial charge in [-0.05, 0) is 61.1 Å². The van der Waals surface area contributed by atoms with Crippen molar-refractivity contribution in [2.45, 2.75) is 32.1 Å². The largest absolute Gasteiger partial charge is 0.465 e. The maximum absolute atomic E-state index is 12.9. The molecule has 5 heteroatoms. The smallest absolute Gasteiger partial charge is 0.339 e. The van der Waals surface area contributed by atoms with Gasteiger partial charge in [0.25, 0.3) is 0 Å². The molecule has 0 saturated heterocycles. The quantitative estimate of drug-likeness (QED) is 0.456. The summed E-state index contributed by atoms with van der Waals surface area (Å²) in [7, 11) is 0. The minimum absolute atomic E-state index is 0.243. The van der Waals surface area contributed by atoms with E-state index in [1.165, 1.54) is 0 Å². The van der Waals surface area contributed by atoms with Crippen molar-refractivity contribution in [2.24, 2.45) is 0 Å². The molecule has 0 unspecified atom stereocenters. The number of carbonyl (C=O) groups is 1. The Hall–Kier alpha value is -3.39. The molecule has 1 aliphatic carbocycles. The van der Waals surface area contributed by atoms with Crippen molar-refractivity contribution in [3.63, 3.8) is 0 Å². The van der Waals surface area contributed by atoms with Crippen LogP contribution in [-0.4, -0.2) is 17.6 Å². The van der Waals surface area contributed by atoms with E-state index in [-0.39, 0.29) is 12.6 Å². The first-order valence-corrected chi connectivity index (χ1v) is 9.48. The van der Waals surface area contributed by atoms with E-state index in [1.807, 2.05) is 42.5 Å². The van der Waals surface area contributed by atoms with Crippen LogP contribution in [-0.2, 0) is 11.2 Å². The average Bonchev–Trinajstić information content (AvgIpc) is 3.23. The van der Waals surface area contributed by atoms with Crippen molar-refractivity contribution < 1.29 is 13.9 Å². The molecule has 28 heavy (non-hydrogen) atoms. The van der Waals surface area contributed by atoms with Crippen molar-refractivity contribution in [1.29, 1.82) is 5.26 Å². The normalized spacial score (nSPS) is 14.6. The van der Waals surface area contributed by atoms with Crippen molar-refractivity contribution >= 4 is 28.5 Å². The Bertz CT molecular complexity index is 1080. The Kier molecular flexibility index (Phi) is 5.20. The number of unbranched alkanes of at least 4 members (excludes halogenated alkanes) is 1. The lowest BCUT2D eigenvalue weighted by Crippen LogP contribution is -2.15. The van der Waals surface area contributed by atoms with Gasteiger partial charge in [-0.2, -0.15) is 5.26 Å². The summed E-state index contributed by atoms with van der Waals surface area (Å²) in [6.45, 7) is 0.243. The molecule has 2 heterocycles. The average molecular weight is 372 g/mol. The highest BCUT2D eigenvalue weighted by Gasteiger charge is 2.26. The summed E-state index contributed by atoms with van der Waals surface area (Å²) in [6.07, 6.45) is 7.17. The summed E-state index contributed by atoms with van der Waals surface area (Å²) in [5, 5.41) is 9.48. The van der Waals surface area contributed by atoms with Crippen LogP contribution in [0.4, 0.5) is 0 Å². The number of rotatable bonds is 5. The number of esters is 1. The molecule has 0 amide bonds. The molecule has 2 aromatic heterocycles. The van der Waals surface area contributed by atoms with Gasteiger partial charge in [-0.3, -0.25) is 0 Å². The fraction of sp³-hybridized carbons (Fsp3) is 0.261. The second-order valence-electron chi connectivity index (χ2n) is 6.77. The van der Waals surface area contributed by atoms with Crippen LogP contribution >= 0.6 is 0 Å². The van der Waals surface area contributed by atoms with Crippen molar-refractivity contribution in [3.05, 3.63) is 65.2 Å². The van der Waals surface area contributed by atoms with Gasteiger partial charge in [-0.1, -0.05) is 18.2 Å². The maximum Gasteiger partial charge on any atom is 0.339 e. The van der Waals surface area contributed by atoms with Crippen LogP contribution in [0.5, 0.6) is 0 Å². The third-order valence-corrected chi connectivity index (χ3v) is 4.90. The van der Waals surface area contributed by atoms with Crippen LogP contribution in [0.3, 0.4) is 0 Å². The molecule has 0 radical (unpaired) electrons. The van der Waals surface area contributed by atoms with Gasteiger partial charge in [0, 0.05) is 11.8 Å². The third kappa shape index (κ3) is 3.54. The summed E-state index contributed by atoms with van der Waals surface area (Å²) >= 11 is 0. The first kappa shape index (κ1) is 18.0. The molecule has 0 aliphatic heterocycles. The second kappa shape index (κ2) is 8.10. The second-order valence-corrected chi connectivity index (χ2v) is 6.77. The first-order valence-electron chi connectivity index (χ1n) is 9.48. The molecule has 1 aliphatic rings. The Morgan fingerprint density at radius 3 is 2.96 bits per heavy atom. The van der Waals surface area contributed by atoms with Gasteiger partial charge >= 0.3 is 5.97 Å². The fourth-order valence-corrected chi connectivity index (χ4v) is 3.64. The number of hydrogen-bond acceptors (Lipinski definition) is 5. The van der Waals surface area contributed by atoms with Gasteiger partial charge in [0.15, 0.2) is 0 Å². The predicted octanol–water partition coefficient (Wildman–Crippen LogP) is 5.17. The fourth-order valence-electron chi connectivity index (χ4n) is 3.64. The number of para-hydroxylation sites is 1. The van der Waals surface area contributed by atoms with Gasteiger partial charge < -0.3 is 9.15 Å². The summed E-state index contributed by atoms with van der Waals surface area (Å²) in [6, 6.07) is 13.5. The van der Waals surface area contributed by atoms with Crippen LogP contribution in [0.25, 0.3) is 22.6 Å². The number of allylic oxidation sites excluding steroid dienone is 1. The number of furan rings is 1. The number of aromatic nitrogens is 1. The van der Waals surface area contributed by atoms with Gasteiger partial charge in [-0.15, -0.1) is 0 Å². The van der Waals surface area contributed by atoms with E-state index in [0.717, 1.165) is 52.8 Å². The Balaban J connectivity index is 1.80. The molecule has 4 rings (SSSR count). The van der Waals surface area contributed by atoms with Crippen molar-refractivity contribution in [2.75, 3.05) is 6.61 Å². The van der Waals surface area contributed by atoms with E-state index in [4.69, 9.17) is 19.4 Å². The number of carbonyl (C=O) groups excluding carboxylic acids is 1. The minimum Gasteiger partial charge on any atom is -0.465 e. The number of nitrogens with zero attached hydrogens (tertiary/aromatic N) is 2. The standard InChI is InChI=1S/C23H20N2O3/c24-12-3-4-13-28-23(26)21-18-9-1-2-11-20(18)25-22-16(7-5-10-19(21)22)15-17-8-6-14-27-17/h1-2,6,8-9,11,14-15H,3-5,7,10,13H2/b16-15+.